The van der Waals surface area contributed by atoms with Crippen LogP contribution < -0.4 is 4.72 Å². The summed E-state index contributed by atoms with van der Waals surface area (Å²) in [6.07, 6.45) is 5.30. The van der Waals surface area contributed by atoms with Crippen molar-refractivity contribution in [3.05, 3.63) is 29.3 Å². The van der Waals surface area contributed by atoms with Crippen LogP contribution in [0, 0.1) is 18.8 Å². The first-order valence-electron chi connectivity index (χ1n) is 9.34. The third kappa shape index (κ3) is 3.18. The lowest BCUT2D eigenvalue weighted by Gasteiger charge is -2.19. The number of hydrogen-bond acceptors (Lipinski definition) is 4. The SMILES string of the molecule is Cc1ccc(CN2C(=O)[C@H]3CCCC[C@@H]3C2=O)cc1S(=O)(=O)NC1CC1. The summed E-state index contributed by atoms with van der Waals surface area (Å²) in [5, 5.41) is 0. The second-order valence-corrected chi connectivity index (χ2v) is 9.44. The number of nitrogens with zero attached hydrogens (tertiary/aromatic N) is 1. The standard InChI is InChI=1S/C19H24N2O4S/c1-12-6-7-13(10-17(12)26(24,25)20-14-8-9-14)11-21-18(22)15-4-2-3-5-16(15)19(21)23/h6-7,10,14-16,20H,2-5,8-9,11H2,1H3/t15-,16-/m0/s1. The summed E-state index contributed by atoms with van der Waals surface area (Å²) < 4.78 is 27.8. The monoisotopic (exact) mass is 376 g/mol. The fraction of sp³-hybridized carbons (Fsp3) is 0.579. The average Bonchev–Trinajstić information content (AvgIpc) is 3.39. The smallest absolute Gasteiger partial charge is 0.241 e. The number of imide groups is 1. The van der Waals surface area contributed by atoms with Gasteiger partial charge >= 0.3 is 0 Å². The van der Waals surface area contributed by atoms with Crippen molar-refractivity contribution >= 4 is 21.8 Å². The van der Waals surface area contributed by atoms with Gasteiger partial charge in [0.25, 0.3) is 0 Å². The molecule has 2 saturated carbocycles. The van der Waals surface area contributed by atoms with E-state index in [0.717, 1.165) is 38.5 Å². The number of carbonyl (C=O) groups excluding carboxylic acids is 2. The number of amides is 2. The van der Waals surface area contributed by atoms with Crippen LogP contribution in [0.25, 0.3) is 0 Å². The van der Waals surface area contributed by atoms with Crippen molar-refractivity contribution in [2.24, 2.45) is 11.8 Å². The molecule has 2 atom stereocenters. The number of rotatable bonds is 5. The molecule has 0 radical (unpaired) electrons. The minimum absolute atomic E-state index is 0.0351. The van der Waals surface area contributed by atoms with Gasteiger partial charge in [0.1, 0.15) is 0 Å². The van der Waals surface area contributed by atoms with E-state index in [-0.39, 0.29) is 41.1 Å². The predicted molar refractivity (Wildman–Crippen MR) is 95.5 cm³/mol. The first-order chi connectivity index (χ1) is 12.4. The molecule has 0 bridgehead atoms. The number of carbonyl (C=O) groups is 2. The summed E-state index contributed by atoms with van der Waals surface area (Å²) in [7, 11) is -3.57. The highest BCUT2D eigenvalue weighted by molar-refractivity contribution is 7.89. The number of fused-ring (bicyclic) bond motifs is 1. The molecule has 7 heteroatoms. The molecule has 26 heavy (non-hydrogen) atoms. The maximum atomic E-state index is 12.6. The molecule has 6 nitrogen and oxygen atoms in total. The number of benzene rings is 1. The van der Waals surface area contributed by atoms with Crippen molar-refractivity contribution in [2.75, 3.05) is 0 Å². The van der Waals surface area contributed by atoms with Crippen molar-refractivity contribution in [3.63, 3.8) is 0 Å². The normalized spacial score (nSPS) is 26.3. The zero-order chi connectivity index (χ0) is 18.5. The zero-order valence-electron chi connectivity index (χ0n) is 14.9. The fourth-order valence-corrected chi connectivity index (χ4v) is 5.69. The Labute approximate surface area is 154 Å². The molecule has 0 aromatic heterocycles. The summed E-state index contributed by atoms with van der Waals surface area (Å²) >= 11 is 0. The van der Waals surface area contributed by atoms with Crippen LogP contribution in [0.15, 0.2) is 23.1 Å². The molecule has 0 spiro atoms. The van der Waals surface area contributed by atoms with Gasteiger partial charge in [-0.05, 0) is 49.8 Å². The van der Waals surface area contributed by atoms with Gasteiger partial charge in [0.15, 0.2) is 0 Å². The first kappa shape index (κ1) is 17.7. The van der Waals surface area contributed by atoms with Crippen LogP contribution >= 0.6 is 0 Å². The van der Waals surface area contributed by atoms with Gasteiger partial charge in [-0.25, -0.2) is 13.1 Å². The van der Waals surface area contributed by atoms with Gasteiger partial charge in [-0.3, -0.25) is 14.5 Å². The lowest BCUT2D eigenvalue weighted by Crippen LogP contribution is -2.31. The van der Waals surface area contributed by atoms with E-state index >= 15 is 0 Å². The quantitative estimate of drug-likeness (QED) is 0.798. The van der Waals surface area contributed by atoms with Crippen LogP contribution in [0.3, 0.4) is 0 Å². The molecule has 1 heterocycles. The Hall–Kier alpha value is -1.73. The van der Waals surface area contributed by atoms with E-state index in [2.05, 4.69) is 4.72 Å². The molecule has 1 aromatic carbocycles. The minimum atomic E-state index is -3.57. The van der Waals surface area contributed by atoms with Gasteiger partial charge in [-0.2, -0.15) is 0 Å². The molecule has 1 aliphatic heterocycles. The number of sulfonamides is 1. The van der Waals surface area contributed by atoms with E-state index in [9.17, 15) is 18.0 Å². The highest BCUT2D eigenvalue weighted by Gasteiger charge is 2.47. The zero-order valence-corrected chi connectivity index (χ0v) is 15.7. The maximum absolute atomic E-state index is 12.6. The van der Waals surface area contributed by atoms with Crippen molar-refractivity contribution in [3.8, 4) is 0 Å². The van der Waals surface area contributed by atoms with Crippen LogP contribution in [0.2, 0.25) is 0 Å². The Morgan fingerprint density at radius 2 is 1.65 bits per heavy atom. The van der Waals surface area contributed by atoms with Crippen LogP contribution in [0.5, 0.6) is 0 Å². The van der Waals surface area contributed by atoms with Crippen molar-refractivity contribution in [2.45, 2.75) is 62.9 Å². The highest BCUT2D eigenvalue weighted by Crippen LogP contribution is 2.38. The number of hydrogen-bond donors (Lipinski definition) is 1. The largest absolute Gasteiger partial charge is 0.278 e. The Bertz CT molecular complexity index is 836. The second-order valence-electron chi connectivity index (χ2n) is 7.76. The average molecular weight is 376 g/mol. The summed E-state index contributed by atoms with van der Waals surface area (Å²) in [5.41, 5.74) is 1.33. The van der Waals surface area contributed by atoms with Crippen molar-refractivity contribution < 1.29 is 18.0 Å². The molecule has 0 unspecified atom stereocenters. The van der Waals surface area contributed by atoms with E-state index < -0.39 is 10.0 Å². The van der Waals surface area contributed by atoms with Gasteiger partial charge in [0.05, 0.1) is 23.3 Å². The van der Waals surface area contributed by atoms with E-state index in [1.807, 2.05) is 0 Å². The van der Waals surface area contributed by atoms with E-state index in [1.165, 1.54) is 4.90 Å². The van der Waals surface area contributed by atoms with E-state index in [4.69, 9.17) is 0 Å². The molecule has 3 aliphatic rings. The maximum Gasteiger partial charge on any atom is 0.241 e. The lowest BCUT2D eigenvalue weighted by molar-refractivity contribution is -0.140. The third-order valence-corrected chi connectivity index (χ3v) is 7.38. The van der Waals surface area contributed by atoms with Crippen LogP contribution in [-0.2, 0) is 26.2 Å². The van der Waals surface area contributed by atoms with Crippen molar-refractivity contribution in [1.29, 1.82) is 0 Å². The number of nitrogens with one attached hydrogen (secondary N) is 1. The molecular formula is C19H24N2O4S. The Balaban J connectivity index is 1.58. The number of aryl methyl sites for hydroxylation is 1. The van der Waals surface area contributed by atoms with Crippen molar-refractivity contribution in [1.82, 2.24) is 9.62 Å². The molecule has 4 rings (SSSR count). The molecule has 1 saturated heterocycles. The topological polar surface area (TPSA) is 83.6 Å². The Morgan fingerprint density at radius 3 is 2.23 bits per heavy atom. The summed E-state index contributed by atoms with van der Waals surface area (Å²) in [5.74, 6) is -0.551. The predicted octanol–water partition coefficient (Wildman–Crippen LogP) is 2.11. The summed E-state index contributed by atoms with van der Waals surface area (Å²) in [6, 6.07) is 5.18. The second kappa shape index (κ2) is 6.46. The third-order valence-electron chi connectivity index (χ3n) is 5.71. The highest BCUT2D eigenvalue weighted by atomic mass is 32.2. The minimum Gasteiger partial charge on any atom is -0.278 e. The van der Waals surface area contributed by atoms with Gasteiger partial charge in [-0.1, -0.05) is 25.0 Å². The van der Waals surface area contributed by atoms with Crippen LogP contribution in [0.4, 0.5) is 0 Å². The first-order valence-corrected chi connectivity index (χ1v) is 10.8. The van der Waals surface area contributed by atoms with Crippen LogP contribution in [-0.4, -0.2) is 31.2 Å². The molecule has 140 valence electrons. The van der Waals surface area contributed by atoms with Gasteiger partial charge < -0.3 is 0 Å². The Morgan fingerprint density at radius 1 is 1.04 bits per heavy atom. The number of likely N-dealkylation sites (tertiary alicyclic amines) is 1. The molecule has 3 fully saturated rings. The molecule has 1 aromatic rings. The Kier molecular flexibility index (Phi) is 4.39. The van der Waals surface area contributed by atoms with Gasteiger partial charge in [-0.15, -0.1) is 0 Å². The molecule has 1 N–H and O–H groups in total. The molecule has 2 amide bonds. The fourth-order valence-electron chi connectivity index (χ4n) is 4.09. The van der Waals surface area contributed by atoms with Gasteiger partial charge in [0.2, 0.25) is 21.8 Å². The summed E-state index contributed by atoms with van der Waals surface area (Å²) in [4.78, 5) is 26.8. The van der Waals surface area contributed by atoms with E-state index in [1.54, 1.807) is 25.1 Å². The lowest BCUT2D eigenvalue weighted by atomic mass is 9.81. The van der Waals surface area contributed by atoms with E-state index in [0.29, 0.717) is 11.1 Å². The van der Waals surface area contributed by atoms with Crippen LogP contribution in [0.1, 0.15) is 49.7 Å². The molecule has 2 aliphatic carbocycles. The molecular weight excluding hydrogens is 352 g/mol. The van der Waals surface area contributed by atoms with Gasteiger partial charge in [0, 0.05) is 6.04 Å². The summed E-state index contributed by atoms with van der Waals surface area (Å²) in [6.45, 7) is 1.91.